The summed E-state index contributed by atoms with van der Waals surface area (Å²) in [5.74, 6) is -5.26. The highest BCUT2D eigenvalue weighted by molar-refractivity contribution is 6.20. The normalized spacial score (nSPS) is 10.1. The SMILES string of the molecule is Fc1cccc(OBOc2cccc(F)c2F)c1F. The molecule has 0 aliphatic carbocycles. The zero-order valence-electron chi connectivity index (χ0n) is 9.50. The minimum absolute atomic E-state index is 0.378. The van der Waals surface area contributed by atoms with E-state index in [1.807, 2.05) is 0 Å². The molecule has 0 aromatic heterocycles. The summed E-state index contributed by atoms with van der Waals surface area (Å²) >= 11 is 0. The second-order valence-corrected chi connectivity index (χ2v) is 3.51. The fraction of sp³-hybridized carbons (Fsp3) is 0. The van der Waals surface area contributed by atoms with Crippen LogP contribution in [0.5, 0.6) is 11.5 Å². The molecule has 0 saturated carbocycles. The van der Waals surface area contributed by atoms with E-state index in [1.54, 1.807) is 0 Å². The lowest BCUT2D eigenvalue weighted by Gasteiger charge is -2.09. The molecular weight excluding hydrogens is 263 g/mol. The first-order chi connectivity index (χ1) is 9.09. The molecular formula is C12H7BF4O2. The van der Waals surface area contributed by atoms with E-state index in [0.29, 0.717) is 0 Å². The lowest BCUT2D eigenvalue weighted by atomic mass is 10.2. The van der Waals surface area contributed by atoms with Crippen LogP contribution in [0.3, 0.4) is 0 Å². The van der Waals surface area contributed by atoms with Gasteiger partial charge in [0.05, 0.1) is 0 Å². The van der Waals surface area contributed by atoms with Crippen LogP contribution in [-0.4, -0.2) is 7.69 Å². The summed E-state index contributed by atoms with van der Waals surface area (Å²) in [5, 5.41) is 0. The molecule has 0 aliphatic rings. The quantitative estimate of drug-likeness (QED) is 0.628. The Morgan fingerprint density at radius 3 is 1.53 bits per heavy atom. The van der Waals surface area contributed by atoms with Gasteiger partial charge in [-0.15, -0.1) is 0 Å². The number of halogens is 4. The van der Waals surface area contributed by atoms with E-state index in [0.717, 1.165) is 12.1 Å². The molecule has 7 heteroatoms. The monoisotopic (exact) mass is 270 g/mol. The third kappa shape index (κ3) is 2.99. The van der Waals surface area contributed by atoms with E-state index in [2.05, 4.69) is 0 Å². The minimum atomic E-state index is -1.18. The van der Waals surface area contributed by atoms with E-state index in [4.69, 9.17) is 9.31 Å². The van der Waals surface area contributed by atoms with Crippen LogP contribution in [0.25, 0.3) is 0 Å². The van der Waals surface area contributed by atoms with Gasteiger partial charge >= 0.3 is 7.69 Å². The van der Waals surface area contributed by atoms with Crippen LogP contribution in [0, 0.1) is 23.3 Å². The molecule has 98 valence electrons. The fourth-order valence-electron chi connectivity index (χ4n) is 1.35. The Labute approximate surface area is 106 Å². The van der Waals surface area contributed by atoms with E-state index in [1.165, 1.54) is 24.3 Å². The van der Waals surface area contributed by atoms with Crippen molar-refractivity contribution in [3.05, 3.63) is 59.7 Å². The molecule has 2 aromatic rings. The van der Waals surface area contributed by atoms with Gasteiger partial charge in [0.1, 0.15) is 11.5 Å². The Bertz CT molecular complexity index is 540. The molecule has 19 heavy (non-hydrogen) atoms. The molecule has 2 nitrogen and oxygen atoms in total. The van der Waals surface area contributed by atoms with E-state index >= 15 is 0 Å². The van der Waals surface area contributed by atoms with Gasteiger partial charge in [0.25, 0.3) is 0 Å². The van der Waals surface area contributed by atoms with E-state index in [9.17, 15) is 17.6 Å². The first-order valence-electron chi connectivity index (χ1n) is 5.23. The summed E-state index contributed by atoms with van der Waals surface area (Å²) in [6.45, 7) is 0. The van der Waals surface area contributed by atoms with Gasteiger partial charge in [-0.2, -0.15) is 8.78 Å². The number of rotatable bonds is 4. The van der Waals surface area contributed by atoms with Crippen molar-refractivity contribution >= 4 is 7.69 Å². The van der Waals surface area contributed by atoms with Crippen LogP contribution in [0.1, 0.15) is 0 Å². The maximum absolute atomic E-state index is 13.2. The molecule has 0 saturated heterocycles. The Balaban J connectivity index is 2.00. The van der Waals surface area contributed by atoms with Crippen LogP contribution in [0.15, 0.2) is 36.4 Å². The number of benzene rings is 2. The largest absolute Gasteiger partial charge is 0.576 e. The second kappa shape index (κ2) is 5.64. The Morgan fingerprint density at radius 2 is 1.11 bits per heavy atom. The summed E-state index contributed by atoms with van der Waals surface area (Å²) in [7, 11) is -0.583. The molecule has 0 atom stereocenters. The Kier molecular flexibility index (Phi) is 3.94. The molecule has 0 aliphatic heterocycles. The zero-order chi connectivity index (χ0) is 13.8. The van der Waals surface area contributed by atoms with E-state index < -0.39 is 31.0 Å². The van der Waals surface area contributed by atoms with Crippen molar-refractivity contribution in [2.45, 2.75) is 0 Å². The van der Waals surface area contributed by atoms with Gasteiger partial charge < -0.3 is 9.31 Å². The third-order valence-corrected chi connectivity index (χ3v) is 2.26. The van der Waals surface area contributed by atoms with Crippen LogP contribution >= 0.6 is 0 Å². The smallest absolute Gasteiger partial charge is 0.526 e. The predicted molar refractivity (Wildman–Crippen MR) is 61.1 cm³/mol. The van der Waals surface area contributed by atoms with Crippen molar-refractivity contribution < 1.29 is 26.9 Å². The lowest BCUT2D eigenvalue weighted by molar-refractivity contribution is 0.399. The Hall–Kier alpha value is -2.18. The molecule has 0 spiro atoms. The summed E-state index contributed by atoms with van der Waals surface area (Å²) in [5.41, 5.74) is 0. The minimum Gasteiger partial charge on any atom is -0.526 e. The highest BCUT2D eigenvalue weighted by Crippen LogP contribution is 2.21. The molecule has 2 rings (SSSR count). The Morgan fingerprint density at radius 1 is 0.684 bits per heavy atom. The van der Waals surface area contributed by atoms with Gasteiger partial charge in [-0.25, -0.2) is 8.78 Å². The van der Waals surface area contributed by atoms with Crippen LogP contribution < -0.4 is 9.31 Å². The lowest BCUT2D eigenvalue weighted by Crippen LogP contribution is -2.13. The number of hydrogen-bond acceptors (Lipinski definition) is 2. The number of hydrogen-bond donors (Lipinski definition) is 0. The van der Waals surface area contributed by atoms with Crippen LogP contribution in [-0.2, 0) is 0 Å². The second-order valence-electron chi connectivity index (χ2n) is 3.51. The van der Waals surface area contributed by atoms with Gasteiger partial charge in [0.15, 0.2) is 23.3 Å². The molecule has 0 amide bonds. The summed E-state index contributed by atoms with van der Waals surface area (Å²) < 4.78 is 61.6. The average Bonchev–Trinajstić information content (AvgIpc) is 2.39. The van der Waals surface area contributed by atoms with Crippen molar-refractivity contribution in [2.75, 3.05) is 0 Å². The fourth-order valence-corrected chi connectivity index (χ4v) is 1.35. The maximum Gasteiger partial charge on any atom is 0.576 e. The summed E-state index contributed by atoms with van der Waals surface area (Å²) in [6.07, 6.45) is 0. The molecule has 2 aromatic carbocycles. The highest BCUT2D eigenvalue weighted by Gasteiger charge is 2.12. The van der Waals surface area contributed by atoms with Crippen molar-refractivity contribution in [3.63, 3.8) is 0 Å². The van der Waals surface area contributed by atoms with Crippen molar-refractivity contribution in [2.24, 2.45) is 0 Å². The van der Waals surface area contributed by atoms with Crippen molar-refractivity contribution in [1.82, 2.24) is 0 Å². The van der Waals surface area contributed by atoms with Gasteiger partial charge in [0.2, 0.25) is 0 Å². The van der Waals surface area contributed by atoms with E-state index in [-0.39, 0.29) is 11.5 Å². The van der Waals surface area contributed by atoms with Gasteiger partial charge in [-0.1, -0.05) is 12.1 Å². The molecule has 0 radical (unpaired) electrons. The predicted octanol–water partition coefficient (Wildman–Crippen LogP) is 2.97. The average molecular weight is 270 g/mol. The van der Waals surface area contributed by atoms with Gasteiger partial charge in [-0.3, -0.25) is 0 Å². The van der Waals surface area contributed by atoms with Crippen LogP contribution in [0.2, 0.25) is 0 Å². The summed E-state index contributed by atoms with van der Waals surface area (Å²) in [6, 6.07) is 6.71. The van der Waals surface area contributed by atoms with Crippen molar-refractivity contribution in [3.8, 4) is 11.5 Å². The highest BCUT2D eigenvalue weighted by atomic mass is 19.2. The molecule has 0 N–H and O–H groups in total. The first kappa shape index (κ1) is 13.3. The zero-order valence-corrected chi connectivity index (χ0v) is 9.50. The van der Waals surface area contributed by atoms with Crippen molar-refractivity contribution in [1.29, 1.82) is 0 Å². The summed E-state index contributed by atoms with van der Waals surface area (Å²) in [4.78, 5) is 0. The van der Waals surface area contributed by atoms with Gasteiger partial charge in [0, 0.05) is 0 Å². The molecule has 0 fully saturated rings. The molecule has 0 heterocycles. The third-order valence-electron chi connectivity index (χ3n) is 2.26. The first-order valence-corrected chi connectivity index (χ1v) is 5.23. The molecule has 0 unspecified atom stereocenters. The van der Waals surface area contributed by atoms with Gasteiger partial charge in [-0.05, 0) is 24.3 Å². The standard InChI is InChI=1S/C12H7BF4O2/c14-7-3-1-5-9(11(7)16)18-13-19-10-6-2-4-8(15)12(10)17/h1-6,13H. The maximum atomic E-state index is 13.2. The topological polar surface area (TPSA) is 18.5 Å². The molecule has 0 bridgehead atoms. The van der Waals surface area contributed by atoms with Crippen LogP contribution in [0.4, 0.5) is 17.6 Å².